The van der Waals surface area contributed by atoms with Gasteiger partial charge in [0.2, 0.25) is 11.8 Å². The van der Waals surface area contributed by atoms with Gasteiger partial charge in [0.15, 0.2) is 0 Å². The molecule has 0 unspecified atom stereocenters. The number of amides is 2. The molecule has 3 aromatic rings. The van der Waals surface area contributed by atoms with Gasteiger partial charge in [0.25, 0.3) is 0 Å². The maximum atomic E-state index is 13.7. The smallest absolute Gasteiger partial charge is 0.243 e. The molecule has 1 N–H and O–H groups in total. The number of hydrogen-bond acceptors (Lipinski definition) is 3. The summed E-state index contributed by atoms with van der Waals surface area (Å²) in [5.41, 5.74) is 2.85. The molecule has 2 amide bonds. The molecule has 3 aromatic carbocycles. The Bertz CT molecular complexity index is 1170. The summed E-state index contributed by atoms with van der Waals surface area (Å²) < 4.78 is 13.6. The third kappa shape index (κ3) is 8.60. The lowest BCUT2D eigenvalue weighted by molar-refractivity contribution is -0.139. The van der Waals surface area contributed by atoms with Crippen LogP contribution in [0.4, 0.5) is 4.39 Å². The van der Waals surface area contributed by atoms with Crippen molar-refractivity contribution in [3.05, 3.63) is 106 Å². The fraction of sp³-hybridized carbons (Fsp3) is 0.355. The number of carbonyl (C=O) groups is 2. The second-order valence-corrected chi connectivity index (χ2v) is 11.2. The van der Waals surface area contributed by atoms with Gasteiger partial charge >= 0.3 is 0 Å². The highest BCUT2D eigenvalue weighted by Crippen LogP contribution is 2.22. The fourth-order valence-electron chi connectivity index (χ4n) is 4.80. The Labute approximate surface area is 234 Å². The third-order valence-electron chi connectivity index (χ3n) is 6.90. The quantitative estimate of drug-likeness (QED) is 0.284. The normalized spacial score (nSPS) is 14.6. The Hall–Kier alpha value is -2.83. The number of carbonyl (C=O) groups excluding carboxylic acids is 2. The molecule has 4 nitrogen and oxygen atoms in total. The molecule has 0 heterocycles. The van der Waals surface area contributed by atoms with Crippen LogP contribution in [0.15, 0.2) is 78.9 Å². The Morgan fingerprint density at radius 3 is 2.24 bits per heavy atom. The van der Waals surface area contributed by atoms with Gasteiger partial charge in [-0.05, 0) is 53.8 Å². The fourth-order valence-corrected chi connectivity index (χ4v) is 5.80. The zero-order valence-corrected chi connectivity index (χ0v) is 23.0. The van der Waals surface area contributed by atoms with Gasteiger partial charge in [0.05, 0.1) is 5.75 Å². The van der Waals surface area contributed by atoms with Crippen molar-refractivity contribution in [1.82, 2.24) is 10.2 Å². The van der Waals surface area contributed by atoms with E-state index in [4.69, 9.17) is 11.6 Å². The molecule has 1 fully saturated rings. The van der Waals surface area contributed by atoms with Crippen molar-refractivity contribution in [1.29, 1.82) is 0 Å². The van der Waals surface area contributed by atoms with E-state index in [1.54, 1.807) is 17.0 Å². The second kappa shape index (κ2) is 14.4. The first kappa shape index (κ1) is 28.2. The topological polar surface area (TPSA) is 49.4 Å². The van der Waals surface area contributed by atoms with Gasteiger partial charge in [-0.2, -0.15) is 0 Å². The van der Waals surface area contributed by atoms with Crippen molar-refractivity contribution < 1.29 is 14.0 Å². The summed E-state index contributed by atoms with van der Waals surface area (Å²) in [4.78, 5) is 29.1. The maximum absolute atomic E-state index is 13.7. The minimum atomic E-state index is -0.673. The average Bonchev–Trinajstić information content (AvgIpc) is 2.94. The SMILES string of the molecule is O=C(NC1CCCCC1)[C@@H](Cc1ccccc1)N(Cc1ccc(F)cc1)C(=O)CSCc1ccc(Cl)cc1. The van der Waals surface area contributed by atoms with Crippen molar-refractivity contribution in [3.8, 4) is 0 Å². The number of thioether (sulfide) groups is 1. The molecule has 4 rings (SSSR count). The molecule has 0 radical (unpaired) electrons. The summed E-state index contributed by atoms with van der Waals surface area (Å²) in [5, 5.41) is 3.92. The standard InChI is InChI=1S/C31H34ClFN2O2S/c32-26-15-11-25(12-16-26)21-38-22-30(36)35(20-24-13-17-27(33)18-14-24)29(19-23-7-3-1-4-8-23)31(37)34-28-9-5-2-6-10-28/h1,3-4,7-8,11-18,28-29H,2,5-6,9-10,19-22H2,(H,34,37)/t29-/m1/s1. The number of rotatable bonds is 11. The first-order chi connectivity index (χ1) is 18.5. The Balaban J connectivity index is 1.55. The maximum Gasteiger partial charge on any atom is 0.243 e. The van der Waals surface area contributed by atoms with Gasteiger partial charge in [0.1, 0.15) is 11.9 Å². The van der Waals surface area contributed by atoms with Crippen LogP contribution in [0.3, 0.4) is 0 Å². The monoisotopic (exact) mass is 552 g/mol. The summed E-state index contributed by atoms with van der Waals surface area (Å²) in [7, 11) is 0. The minimum Gasteiger partial charge on any atom is -0.352 e. The Morgan fingerprint density at radius 2 is 1.55 bits per heavy atom. The Morgan fingerprint density at radius 1 is 0.895 bits per heavy atom. The molecule has 0 bridgehead atoms. The highest BCUT2D eigenvalue weighted by molar-refractivity contribution is 7.99. The van der Waals surface area contributed by atoms with E-state index >= 15 is 0 Å². The largest absolute Gasteiger partial charge is 0.352 e. The molecule has 0 spiro atoms. The van der Waals surface area contributed by atoms with Crippen LogP contribution in [0.2, 0.25) is 5.02 Å². The molecular weight excluding hydrogens is 519 g/mol. The number of nitrogens with one attached hydrogen (secondary N) is 1. The predicted molar refractivity (Wildman–Crippen MR) is 154 cm³/mol. The van der Waals surface area contributed by atoms with Crippen LogP contribution in [0.1, 0.15) is 48.8 Å². The van der Waals surface area contributed by atoms with E-state index in [9.17, 15) is 14.0 Å². The lowest BCUT2D eigenvalue weighted by Gasteiger charge is -2.33. The molecule has 1 aliphatic carbocycles. The molecule has 0 aliphatic heterocycles. The van der Waals surface area contributed by atoms with E-state index in [2.05, 4.69) is 5.32 Å². The lowest BCUT2D eigenvalue weighted by atomic mass is 9.94. The van der Waals surface area contributed by atoms with E-state index in [0.29, 0.717) is 17.2 Å². The summed E-state index contributed by atoms with van der Waals surface area (Å²) >= 11 is 7.50. The first-order valence-corrected chi connectivity index (χ1v) is 14.7. The van der Waals surface area contributed by atoms with Gasteiger partial charge in [-0.1, -0.05) is 85.5 Å². The number of halogens is 2. The molecule has 1 saturated carbocycles. The third-order valence-corrected chi connectivity index (χ3v) is 8.14. The molecule has 1 aliphatic rings. The van der Waals surface area contributed by atoms with E-state index in [1.807, 2.05) is 54.6 Å². The van der Waals surface area contributed by atoms with Crippen molar-refractivity contribution in [3.63, 3.8) is 0 Å². The van der Waals surface area contributed by atoms with Crippen molar-refractivity contribution in [2.75, 3.05) is 5.75 Å². The molecule has 0 saturated heterocycles. The molecule has 1 atom stereocenters. The zero-order chi connectivity index (χ0) is 26.7. The predicted octanol–water partition coefficient (Wildman–Crippen LogP) is 6.80. The molecule has 7 heteroatoms. The lowest BCUT2D eigenvalue weighted by Crippen LogP contribution is -2.53. The van der Waals surface area contributed by atoms with Crippen LogP contribution in [0.25, 0.3) is 0 Å². The summed E-state index contributed by atoms with van der Waals surface area (Å²) in [5.74, 6) is 0.310. The van der Waals surface area contributed by atoms with E-state index in [1.165, 1.54) is 30.3 Å². The second-order valence-electron chi connectivity index (χ2n) is 9.82. The van der Waals surface area contributed by atoms with Gasteiger partial charge in [-0.15, -0.1) is 11.8 Å². The van der Waals surface area contributed by atoms with Crippen LogP contribution in [0, 0.1) is 5.82 Å². The Kier molecular flexibility index (Phi) is 10.6. The van der Waals surface area contributed by atoms with Gasteiger partial charge in [-0.25, -0.2) is 4.39 Å². The van der Waals surface area contributed by atoms with E-state index < -0.39 is 6.04 Å². The molecular formula is C31H34ClFN2O2S. The number of hydrogen-bond donors (Lipinski definition) is 1. The highest BCUT2D eigenvalue weighted by Gasteiger charge is 2.31. The van der Waals surface area contributed by atoms with Crippen molar-refractivity contribution in [2.24, 2.45) is 0 Å². The van der Waals surface area contributed by atoms with Crippen LogP contribution in [-0.2, 0) is 28.3 Å². The summed E-state index contributed by atoms with van der Waals surface area (Å²) in [6, 6.07) is 23.0. The molecule has 0 aromatic heterocycles. The summed E-state index contributed by atoms with van der Waals surface area (Å²) in [6.07, 6.45) is 5.75. The zero-order valence-electron chi connectivity index (χ0n) is 21.5. The molecule has 38 heavy (non-hydrogen) atoms. The van der Waals surface area contributed by atoms with Gasteiger partial charge in [0, 0.05) is 29.8 Å². The van der Waals surface area contributed by atoms with Crippen molar-refractivity contribution >= 4 is 35.2 Å². The summed E-state index contributed by atoms with van der Waals surface area (Å²) in [6.45, 7) is 0.232. The van der Waals surface area contributed by atoms with Gasteiger partial charge in [-0.3, -0.25) is 9.59 Å². The van der Waals surface area contributed by atoms with Crippen molar-refractivity contribution in [2.45, 2.75) is 62.9 Å². The number of benzene rings is 3. The van der Waals surface area contributed by atoms with Crippen LogP contribution < -0.4 is 5.32 Å². The van der Waals surface area contributed by atoms with Gasteiger partial charge < -0.3 is 10.2 Å². The number of nitrogens with zero attached hydrogens (tertiary/aromatic N) is 1. The molecule has 200 valence electrons. The van der Waals surface area contributed by atoms with Crippen LogP contribution in [0.5, 0.6) is 0 Å². The highest BCUT2D eigenvalue weighted by atomic mass is 35.5. The minimum absolute atomic E-state index is 0.118. The first-order valence-electron chi connectivity index (χ1n) is 13.2. The van der Waals surface area contributed by atoms with Crippen LogP contribution >= 0.6 is 23.4 Å². The van der Waals surface area contributed by atoms with Crippen LogP contribution in [-0.4, -0.2) is 34.6 Å². The van der Waals surface area contributed by atoms with E-state index in [-0.39, 0.29) is 36.0 Å². The average molecular weight is 553 g/mol. The van der Waals surface area contributed by atoms with E-state index in [0.717, 1.165) is 42.4 Å².